The van der Waals surface area contributed by atoms with Crippen LogP contribution < -0.4 is 11.2 Å². The van der Waals surface area contributed by atoms with E-state index >= 15 is 0 Å². The second-order valence-corrected chi connectivity index (χ2v) is 4.54. The lowest BCUT2D eigenvalue weighted by Crippen LogP contribution is -2.27. The van der Waals surface area contributed by atoms with Gasteiger partial charge in [-0.3, -0.25) is 4.79 Å². The number of hydrogen-bond donors (Lipinski definition) is 0. The van der Waals surface area contributed by atoms with Crippen LogP contribution in [0.4, 0.5) is 0 Å². The van der Waals surface area contributed by atoms with Crippen LogP contribution in [0.2, 0.25) is 0 Å². The van der Waals surface area contributed by atoms with Crippen molar-refractivity contribution >= 4 is 11.0 Å². The molecular weight excluding hydrogens is 218 g/mol. The topological polar surface area (TPSA) is 52.2 Å². The Bertz CT molecular complexity index is 709. The van der Waals surface area contributed by atoms with Gasteiger partial charge in [0.2, 0.25) is 0 Å². The van der Waals surface area contributed by atoms with Crippen molar-refractivity contribution in [2.45, 2.75) is 32.7 Å². The van der Waals surface area contributed by atoms with Crippen LogP contribution in [0.25, 0.3) is 11.0 Å². The van der Waals surface area contributed by atoms with Crippen molar-refractivity contribution in [2.24, 2.45) is 0 Å². The first-order chi connectivity index (χ1) is 8.16. The first-order valence-electron chi connectivity index (χ1n) is 5.84. The summed E-state index contributed by atoms with van der Waals surface area (Å²) < 4.78 is 6.92. The lowest BCUT2D eigenvalue weighted by molar-refractivity contribution is 0.508. The molecule has 0 saturated carbocycles. The zero-order valence-corrected chi connectivity index (χ0v) is 9.66. The number of aryl methyl sites for hydroxylation is 2. The Morgan fingerprint density at radius 1 is 1.24 bits per heavy atom. The second kappa shape index (κ2) is 3.58. The SMILES string of the molecule is Cc1cc(=O)oc2cc3n(c(=O)c12)CCCC3. The van der Waals surface area contributed by atoms with Gasteiger partial charge >= 0.3 is 5.63 Å². The van der Waals surface area contributed by atoms with E-state index < -0.39 is 5.63 Å². The highest BCUT2D eigenvalue weighted by atomic mass is 16.4. The Labute approximate surface area is 97.5 Å². The Balaban J connectivity index is 2.48. The molecule has 2 aromatic rings. The summed E-state index contributed by atoms with van der Waals surface area (Å²) in [5, 5.41) is 0.537. The van der Waals surface area contributed by atoms with Gasteiger partial charge in [0, 0.05) is 24.4 Å². The average molecular weight is 231 g/mol. The van der Waals surface area contributed by atoms with Gasteiger partial charge in [0.1, 0.15) is 5.58 Å². The molecule has 0 amide bonds. The molecule has 0 fully saturated rings. The van der Waals surface area contributed by atoms with Crippen molar-refractivity contribution in [3.05, 3.63) is 44.2 Å². The van der Waals surface area contributed by atoms with E-state index in [4.69, 9.17) is 4.42 Å². The van der Waals surface area contributed by atoms with Gasteiger partial charge in [-0.1, -0.05) is 0 Å². The Kier molecular flexibility index (Phi) is 2.18. The highest BCUT2D eigenvalue weighted by molar-refractivity contribution is 5.79. The summed E-state index contributed by atoms with van der Waals surface area (Å²) in [5.41, 5.74) is 1.67. The van der Waals surface area contributed by atoms with E-state index in [0.717, 1.165) is 31.5 Å². The molecule has 0 atom stereocenters. The van der Waals surface area contributed by atoms with Gasteiger partial charge < -0.3 is 8.98 Å². The van der Waals surface area contributed by atoms with Gasteiger partial charge in [-0.2, -0.15) is 0 Å². The van der Waals surface area contributed by atoms with E-state index in [1.54, 1.807) is 11.5 Å². The molecule has 4 heteroatoms. The van der Waals surface area contributed by atoms with Crippen molar-refractivity contribution in [3.63, 3.8) is 0 Å². The van der Waals surface area contributed by atoms with Crippen molar-refractivity contribution in [2.75, 3.05) is 0 Å². The number of hydrogen-bond acceptors (Lipinski definition) is 3. The molecule has 0 aromatic carbocycles. The van der Waals surface area contributed by atoms with Crippen LogP contribution in [-0.2, 0) is 13.0 Å². The molecule has 4 nitrogen and oxygen atoms in total. The lowest BCUT2D eigenvalue weighted by atomic mass is 10.1. The number of aromatic nitrogens is 1. The van der Waals surface area contributed by atoms with Gasteiger partial charge in [-0.15, -0.1) is 0 Å². The standard InChI is InChI=1S/C13H13NO3/c1-8-6-11(15)17-10-7-9-4-2-3-5-14(9)13(16)12(8)10/h6-7H,2-5H2,1H3. The molecule has 1 aliphatic rings. The maximum atomic E-state index is 12.3. The molecule has 0 aliphatic carbocycles. The molecule has 3 heterocycles. The van der Waals surface area contributed by atoms with E-state index in [9.17, 15) is 9.59 Å². The molecule has 0 unspecified atom stereocenters. The van der Waals surface area contributed by atoms with Crippen molar-refractivity contribution < 1.29 is 4.42 Å². The van der Waals surface area contributed by atoms with Crippen molar-refractivity contribution in [3.8, 4) is 0 Å². The predicted molar refractivity (Wildman–Crippen MR) is 64.4 cm³/mol. The smallest absolute Gasteiger partial charge is 0.336 e. The maximum Gasteiger partial charge on any atom is 0.336 e. The third-order valence-electron chi connectivity index (χ3n) is 3.35. The van der Waals surface area contributed by atoms with Crippen LogP contribution in [0.15, 0.2) is 26.1 Å². The molecule has 0 bridgehead atoms. The van der Waals surface area contributed by atoms with Crippen molar-refractivity contribution in [1.82, 2.24) is 4.57 Å². The third-order valence-corrected chi connectivity index (χ3v) is 3.35. The van der Waals surface area contributed by atoms with Gasteiger partial charge in [-0.05, 0) is 31.7 Å². The summed E-state index contributed by atoms with van der Waals surface area (Å²) >= 11 is 0. The van der Waals surface area contributed by atoms with E-state index in [0.29, 0.717) is 16.5 Å². The van der Waals surface area contributed by atoms with Crippen LogP contribution in [0, 0.1) is 6.92 Å². The minimum absolute atomic E-state index is 0.0292. The zero-order chi connectivity index (χ0) is 12.0. The summed E-state index contributed by atoms with van der Waals surface area (Å²) in [4.78, 5) is 23.6. The molecule has 0 N–H and O–H groups in total. The van der Waals surface area contributed by atoms with Crippen LogP contribution in [0.5, 0.6) is 0 Å². The average Bonchev–Trinajstić information content (AvgIpc) is 2.28. The minimum Gasteiger partial charge on any atom is -0.422 e. The third kappa shape index (κ3) is 1.52. The fourth-order valence-corrected chi connectivity index (χ4v) is 2.53. The quantitative estimate of drug-likeness (QED) is 0.692. The Morgan fingerprint density at radius 3 is 2.88 bits per heavy atom. The molecule has 2 aromatic heterocycles. The predicted octanol–water partition coefficient (Wildman–Crippen LogP) is 1.60. The molecule has 0 radical (unpaired) electrons. The van der Waals surface area contributed by atoms with Crippen LogP contribution in [-0.4, -0.2) is 4.57 Å². The van der Waals surface area contributed by atoms with Gasteiger partial charge in [0.25, 0.3) is 5.56 Å². The van der Waals surface area contributed by atoms with E-state index in [1.165, 1.54) is 6.07 Å². The normalized spacial score (nSPS) is 14.9. The second-order valence-electron chi connectivity index (χ2n) is 4.54. The fourth-order valence-electron chi connectivity index (χ4n) is 2.53. The lowest BCUT2D eigenvalue weighted by Gasteiger charge is -2.18. The summed E-state index contributed by atoms with van der Waals surface area (Å²) in [6, 6.07) is 3.21. The molecule has 88 valence electrons. The number of fused-ring (bicyclic) bond motifs is 2. The van der Waals surface area contributed by atoms with E-state index in [2.05, 4.69) is 0 Å². The van der Waals surface area contributed by atoms with Gasteiger partial charge in [0.05, 0.1) is 5.39 Å². The minimum atomic E-state index is -0.393. The Morgan fingerprint density at radius 2 is 2.06 bits per heavy atom. The fraction of sp³-hybridized carbons (Fsp3) is 0.385. The molecule has 0 spiro atoms. The molecule has 3 rings (SSSR count). The first kappa shape index (κ1) is 10.3. The summed E-state index contributed by atoms with van der Waals surface area (Å²) in [6.07, 6.45) is 3.00. The van der Waals surface area contributed by atoms with Crippen LogP contribution in [0.1, 0.15) is 24.1 Å². The maximum absolute atomic E-state index is 12.3. The molecule has 0 saturated heterocycles. The summed E-state index contributed by atoms with van der Waals surface area (Å²) in [6.45, 7) is 2.54. The number of nitrogens with zero attached hydrogens (tertiary/aromatic N) is 1. The first-order valence-corrected chi connectivity index (χ1v) is 5.84. The van der Waals surface area contributed by atoms with Gasteiger partial charge in [-0.25, -0.2) is 4.79 Å². The monoisotopic (exact) mass is 231 g/mol. The zero-order valence-electron chi connectivity index (χ0n) is 9.66. The molecular formula is C13H13NO3. The van der Waals surface area contributed by atoms with Crippen molar-refractivity contribution in [1.29, 1.82) is 0 Å². The van der Waals surface area contributed by atoms with Crippen LogP contribution >= 0.6 is 0 Å². The molecule has 17 heavy (non-hydrogen) atoms. The highest BCUT2D eigenvalue weighted by Crippen LogP contribution is 2.18. The van der Waals surface area contributed by atoms with Crippen LogP contribution in [0.3, 0.4) is 0 Å². The van der Waals surface area contributed by atoms with E-state index in [-0.39, 0.29) is 5.56 Å². The van der Waals surface area contributed by atoms with Gasteiger partial charge in [0.15, 0.2) is 0 Å². The largest absolute Gasteiger partial charge is 0.422 e. The number of pyridine rings is 1. The highest BCUT2D eigenvalue weighted by Gasteiger charge is 2.15. The molecule has 1 aliphatic heterocycles. The summed E-state index contributed by atoms with van der Waals surface area (Å²) in [5.74, 6) is 0. The summed E-state index contributed by atoms with van der Waals surface area (Å²) in [7, 11) is 0. The Hall–Kier alpha value is -1.84. The number of rotatable bonds is 0. The van der Waals surface area contributed by atoms with E-state index in [1.807, 2.05) is 6.07 Å².